The van der Waals surface area contributed by atoms with E-state index >= 15 is 0 Å². The predicted octanol–water partition coefficient (Wildman–Crippen LogP) is 5.19. The summed E-state index contributed by atoms with van der Waals surface area (Å²) in [7, 11) is -2.08. The van der Waals surface area contributed by atoms with Crippen molar-refractivity contribution in [1.82, 2.24) is 14.9 Å². The third kappa shape index (κ3) is 5.19. The van der Waals surface area contributed by atoms with Gasteiger partial charge in [-0.05, 0) is 92.3 Å². The van der Waals surface area contributed by atoms with E-state index in [0.29, 0.717) is 22.2 Å². The number of ether oxygens (including phenoxy) is 1. The van der Waals surface area contributed by atoms with Crippen LogP contribution in [0.4, 0.5) is 15.8 Å². The minimum absolute atomic E-state index is 0.297. The number of benzene rings is 2. The number of pyridine rings is 1. The van der Waals surface area contributed by atoms with Crippen molar-refractivity contribution in [3.63, 3.8) is 0 Å². The highest BCUT2D eigenvalue weighted by Crippen LogP contribution is 2.45. The smallest absolute Gasteiger partial charge is 0.229 e. The molecule has 0 radical (unpaired) electrons. The predicted molar refractivity (Wildman–Crippen MR) is 155 cm³/mol. The summed E-state index contributed by atoms with van der Waals surface area (Å²) in [6.45, 7) is 4.02. The van der Waals surface area contributed by atoms with Crippen LogP contribution in [0.5, 0.6) is 5.75 Å². The molecule has 0 amide bonds. The average Bonchev–Trinajstić information content (AvgIpc) is 3.39. The molecule has 0 bridgehead atoms. The molecule has 1 fully saturated rings. The van der Waals surface area contributed by atoms with Crippen molar-refractivity contribution in [2.45, 2.75) is 25.9 Å². The fourth-order valence-corrected chi connectivity index (χ4v) is 6.05. The summed E-state index contributed by atoms with van der Waals surface area (Å²) in [5.74, 6) is 0.0840. The molecule has 3 heterocycles. The van der Waals surface area contributed by atoms with Gasteiger partial charge in [0, 0.05) is 29.0 Å². The molecule has 2 N–H and O–H groups in total. The molecular formula is C28H28FN5O3S2. The van der Waals surface area contributed by atoms with Crippen molar-refractivity contribution in [3.05, 3.63) is 101 Å². The van der Waals surface area contributed by atoms with Gasteiger partial charge in [0.05, 0.1) is 36.8 Å². The number of nitrogens with one attached hydrogen (secondary N) is 2. The number of hydrogen-bond acceptors (Lipinski definition) is 5. The molecule has 2 aromatic heterocycles. The number of nitrogens with zero attached hydrogens (tertiary/aromatic N) is 3. The van der Waals surface area contributed by atoms with Crippen molar-refractivity contribution in [3.8, 4) is 11.4 Å². The second-order valence-electron chi connectivity index (χ2n) is 9.39. The van der Waals surface area contributed by atoms with E-state index in [1.54, 1.807) is 30.5 Å². The summed E-state index contributed by atoms with van der Waals surface area (Å²) < 4.78 is 47.8. The second kappa shape index (κ2) is 10.3. The fraction of sp³-hybridized carbons (Fsp3) is 0.214. The minimum Gasteiger partial charge on any atom is -0.495 e. The van der Waals surface area contributed by atoms with Gasteiger partial charge in [-0.15, -0.1) is 0 Å². The Morgan fingerprint density at radius 2 is 1.77 bits per heavy atom. The van der Waals surface area contributed by atoms with Gasteiger partial charge in [0.15, 0.2) is 5.11 Å². The van der Waals surface area contributed by atoms with Gasteiger partial charge in [-0.25, -0.2) is 12.8 Å². The zero-order valence-corrected chi connectivity index (χ0v) is 23.5. The van der Waals surface area contributed by atoms with Gasteiger partial charge >= 0.3 is 0 Å². The van der Waals surface area contributed by atoms with E-state index in [2.05, 4.69) is 25.7 Å². The first-order valence-corrected chi connectivity index (χ1v) is 14.5. The Morgan fingerprint density at radius 1 is 1.05 bits per heavy atom. The summed E-state index contributed by atoms with van der Waals surface area (Å²) in [4.78, 5) is 6.58. The normalized spacial score (nSPS) is 17.3. The van der Waals surface area contributed by atoms with E-state index in [-0.39, 0.29) is 17.9 Å². The highest BCUT2D eigenvalue weighted by atomic mass is 32.2. The number of thiocarbonyl (C=S) groups is 1. The lowest BCUT2D eigenvalue weighted by molar-refractivity contribution is 0.417. The van der Waals surface area contributed by atoms with Crippen molar-refractivity contribution in [1.29, 1.82) is 0 Å². The molecule has 2 atom stereocenters. The second-order valence-corrected chi connectivity index (χ2v) is 11.5. The highest BCUT2D eigenvalue weighted by molar-refractivity contribution is 7.92. The third-order valence-electron chi connectivity index (χ3n) is 6.73. The number of sulfonamides is 1. The quantitative estimate of drug-likeness (QED) is 0.298. The number of methoxy groups -OCH3 is 1. The van der Waals surface area contributed by atoms with Crippen LogP contribution < -0.4 is 19.7 Å². The number of aromatic nitrogens is 2. The lowest BCUT2D eigenvalue weighted by Gasteiger charge is -2.29. The van der Waals surface area contributed by atoms with Crippen molar-refractivity contribution in [2.75, 3.05) is 23.0 Å². The van der Waals surface area contributed by atoms with Crippen LogP contribution in [0, 0.1) is 19.7 Å². The maximum atomic E-state index is 13.7. The van der Waals surface area contributed by atoms with E-state index in [4.69, 9.17) is 17.0 Å². The molecule has 0 aliphatic carbocycles. The zero-order valence-electron chi connectivity index (χ0n) is 21.8. The molecular weight excluding hydrogens is 537 g/mol. The maximum absolute atomic E-state index is 13.7. The van der Waals surface area contributed by atoms with E-state index in [1.165, 1.54) is 19.2 Å². The largest absolute Gasteiger partial charge is 0.495 e. The summed E-state index contributed by atoms with van der Waals surface area (Å²) >= 11 is 5.85. The van der Waals surface area contributed by atoms with E-state index in [0.717, 1.165) is 34.6 Å². The molecule has 0 spiro atoms. The number of hydrogen-bond donors (Lipinski definition) is 2. The Morgan fingerprint density at radius 3 is 2.41 bits per heavy atom. The first-order chi connectivity index (χ1) is 18.6. The Kier molecular flexibility index (Phi) is 7.04. The van der Waals surface area contributed by atoms with Gasteiger partial charge < -0.3 is 19.5 Å². The molecule has 1 saturated heterocycles. The first kappa shape index (κ1) is 26.6. The highest BCUT2D eigenvalue weighted by Gasteiger charge is 2.42. The summed E-state index contributed by atoms with van der Waals surface area (Å²) in [5.41, 5.74) is 5.56. The molecule has 202 valence electrons. The van der Waals surface area contributed by atoms with Crippen LogP contribution in [-0.2, 0) is 10.0 Å². The third-order valence-corrected chi connectivity index (χ3v) is 7.63. The molecule has 39 heavy (non-hydrogen) atoms. The van der Waals surface area contributed by atoms with Crippen molar-refractivity contribution in [2.24, 2.45) is 0 Å². The van der Waals surface area contributed by atoms with Crippen molar-refractivity contribution < 1.29 is 17.5 Å². The summed E-state index contributed by atoms with van der Waals surface area (Å²) in [6.07, 6.45) is 2.83. The maximum Gasteiger partial charge on any atom is 0.229 e. The number of aryl methyl sites for hydroxylation is 1. The van der Waals surface area contributed by atoms with Crippen LogP contribution in [0.25, 0.3) is 5.69 Å². The Hall–Kier alpha value is -3.96. The number of anilines is 2. The Balaban J connectivity index is 1.68. The standard InChI is InChI=1S/C28H28FN5O3S2/c1-17-15-22(18(2)33(17)20-10-8-19(29)9-11-20)27-26(23-7-5-6-14-30-23)31-28(38)34(27)21-12-13-25(37-3)24(16-21)32-39(4,35)36/h5-16,26-27,32H,1-4H3,(H,31,38)/t26-,27+/m1/s1. The van der Waals surface area contributed by atoms with Gasteiger partial charge in [-0.1, -0.05) is 6.07 Å². The first-order valence-electron chi connectivity index (χ1n) is 12.2. The average molecular weight is 566 g/mol. The Labute approximate surface area is 232 Å². The van der Waals surface area contributed by atoms with Crippen LogP contribution >= 0.6 is 12.2 Å². The lowest BCUT2D eigenvalue weighted by atomic mass is 9.96. The molecule has 11 heteroatoms. The Bertz CT molecular complexity index is 1640. The molecule has 2 aromatic carbocycles. The summed E-state index contributed by atoms with van der Waals surface area (Å²) in [6, 6.07) is 18.8. The fourth-order valence-electron chi connectivity index (χ4n) is 5.15. The molecule has 0 saturated carbocycles. The number of halogens is 1. The molecule has 8 nitrogen and oxygen atoms in total. The monoisotopic (exact) mass is 565 g/mol. The molecule has 1 aliphatic rings. The van der Waals surface area contributed by atoms with Crippen LogP contribution in [0.1, 0.15) is 34.7 Å². The lowest BCUT2D eigenvalue weighted by Crippen LogP contribution is -2.29. The van der Waals surface area contributed by atoms with Gasteiger partial charge in [-0.3, -0.25) is 9.71 Å². The molecule has 4 aromatic rings. The van der Waals surface area contributed by atoms with E-state index < -0.39 is 10.0 Å². The molecule has 5 rings (SSSR count). The van der Waals surface area contributed by atoms with Crippen LogP contribution in [-0.4, -0.2) is 36.4 Å². The van der Waals surface area contributed by atoms with E-state index in [1.807, 2.05) is 43.0 Å². The zero-order chi connectivity index (χ0) is 27.9. The van der Waals surface area contributed by atoms with Crippen LogP contribution in [0.3, 0.4) is 0 Å². The minimum atomic E-state index is -3.56. The van der Waals surface area contributed by atoms with Crippen LogP contribution in [0.2, 0.25) is 0 Å². The summed E-state index contributed by atoms with van der Waals surface area (Å²) in [5, 5.41) is 3.90. The SMILES string of the molecule is COc1ccc(N2C(=S)N[C@H](c3ccccn3)[C@@H]2c2cc(C)n(-c3ccc(F)cc3)c2C)cc1NS(C)(=O)=O. The van der Waals surface area contributed by atoms with Gasteiger partial charge in [0.25, 0.3) is 0 Å². The topological polar surface area (TPSA) is 88.5 Å². The van der Waals surface area contributed by atoms with Gasteiger partial charge in [0.2, 0.25) is 10.0 Å². The number of rotatable bonds is 7. The van der Waals surface area contributed by atoms with Crippen LogP contribution in [0.15, 0.2) is 72.9 Å². The van der Waals surface area contributed by atoms with E-state index in [9.17, 15) is 12.8 Å². The van der Waals surface area contributed by atoms with Gasteiger partial charge in [-0.2, -0.15) is 0 Å². The molecule has 1 aliphatic heterocycles. The van der Waals surface area contributed by atoms with Gasteiger partial charge in [0.1, 0.15) is 11.6 Å². The van der Waals surface area contributed by atoms with Crippen molar-refractivity contribution >= 4 is 38.7 Å². The molecule has 0 unspecified atom stereocenters.